The fraction of sp³-hybridized carbons (Fsp3) is 0.333. The topological polar surface area (TPSA) is 38.5 Å². The van der Waals surface area contributed by atoms with Crippen molar-refractivity contribution >= 4 is 23.0 Å². The van der Waals surface area contributed by atoms with Gasteiger partial charge in [0.1, 0.15) is 11.9 Å². The number of anilines is 2. The van der Waals surface area contributed by atoms with Crippen molar-refractivity contribution in [3.05, 3.63) is 53.1 Å². The van der Waals surface area contributed by atoms with Gasteiger partial charge in [-0.05, 0) is 36.8 Å². The first kappa shape index (κ1) is 15.0. The summed E-state index contributed by atoms with van der Waals surface area (Å²) in [5, 5.41) is 0.585. The molecule has 1 fully saturated rings. The number of benzene rings is 2. The molecule has 0 aromatic heterocycles. The second-order valence-corrected chi connectivity index (χ2v) is 6.19. The molecule has 1 heterocycles. The van der Waals surface area contributed by atoms with Crippen molar-refractivity contribution in [2.24, 2.45) is 0 Å². The molecule has 1 aliphatic rings. The van der Waals surface area contributed by atoms with Gasteiger partial charge < -0.3 is 15.4 Å². The molecular weight excluding hydrogens is 296 g/mol. The van der Waals surface area contributed by atoms with E-state index in [1.807, 2.05) is 12.1 Å². The third kappa shape index (κ3) is 3.30. The Morgan fingerprint density at radius 2 is 1.86 bits per heavy atom. The Balaban J connectivity index is 1.61. The van der Waals surface area contributed by atoms with Crippen molar-refractivity contribution in [3.63, 3.8) is 0 Å². The summed E-state index contributed by atoms with van der Waals surface area (Å²) >= 11 is 6.18. The van der Waals surface area contributed by atoms with Crippen LogP contribution in [0.2, 0.25) is 5.02 Å². The molecule has 2 N–H and O–H groups in total. The van der Waals surface area contributed by atoms with Crippen LogP contribution in [0.4, 0.5) is 11.4 Å². The lowest BCUT2D eigenvalue weighted by Gasteiger charge is -2.34. The molecular formula is C18H21ClN2O. The highest BCUT2D eigenvalue weighted by Crippen LogP contribution is 2.30. The van der Waals surface area contributed by atoms with Crippen LogP contribution in [0.1, 0.15) is 18.4 Å². The maximum atomic E-state index is 6.18. The van der Waals surface area contributed by atoms with Crippen molar-refractivity contribution in [3.8, 4) is 5.75 Å². The molecule has 0 bridgehead atoms. The largest absolute Gasteiger partial charge is 0.489 e. The summed E-state index contributed by atoms with van der Waals surface area (Å²) in [6.07, 6.45) is 2.20. The number of rotatable bonds is 3. The molecule has 1 aliphatic heterocycles. The van der Waals surface area contributed by atoms with Gasteiger partial charge in [0, 0.05) is 37.3 Å². The van der Waals surface area contributed by atoms with Crippen molar-refractivity contribution in [2.45, 2.75) is 25.9 Å². The minimum absolute atomic E-state index is 0.210. The molecule has 2 aromatic rings. The van der Waals surface area contributed by atoms with Gasteiger partial charge in [-0.1, -0.05) is 29.8 Å². The van der Waals surface area contributed by atoms with Crippen LogP contribution in [-0.2, 0) is 0 Å². The number of ether oxygens (including phenoxy) is 1. The molecule has 0 unspecified atom stereocenters. The Morgan fingerprint density at radius 1 is 1.14 bits per heavy atom. The monoisotopic (exact) mass is 316 g/mol. The highest BCUT2D eigenvalue weighted by atomic mass is 35.5. The average molecular weight is 317 g/mol. The van der Waals surface area contributed by atoms with E-state index in [1.165, 1.54) is 11.3 Å². The van der Waals surface area contributed by atoms with E-state index in [9.17, 15) is 0 Å². The minimum atomic E-state index is 0.210. The highest BCUT2D eigenvalue weighted by Gasteiger charge is 2.22. The van der Waals surface area contributed by atoms with Gasteiger partial charge in [-0.2, -0.15) is 0 Å². The van der Waals surface area contributed by atoms with Crippen molar-refractivity contribution in [1.29, 1.82) is 0 Å². The molecule has 4 heteroatoms. The fourth-order valence-electron chi connectivity index (χ4n) is 2.93. The van der Waals surface area contributed by atoms with Gasteiger partial charge in [-0.25, -0.2) is 0 Å². The summed E-state index contributed by atoms with van der Waals surface area (Å²) in [7, 11) is 0. The van der Waals surface area contributed by atoms with E-state index >= 15 is 0 Å². The molecule has 22 heavy (non-hydrogen) atoms. The summed E-state index contributed by atoms with van der Waals surface area (Å²) < 4.78 is 6.04. The summed E-state index contributed by atoms with van der Waals surface area (Å²) in [6, 6.07) is 13.9. The quantitative estimate of drug-likeness (QED) is 0.859. The van der Waals surface area contributed by atoms with Crippen LogP contribution in [0, 0.1) is 6.92 Å². The van der Waals surface area contributed by atoms with E-state index in [2.05, 4.69) is 36.1 Å². The van der Waals surface area contributed by atoms with Gasteiger partial charge in [0.05, 0.1) is 5.02 Å². The fourth-order valence-corrected chi connectivity index (χ4v) is 3.16. The highest BCUT2D eigenvalue weighted by molar-refractivity contribution is 6.32. The summed E-state index contributed by atoms with van der Waals surface area (Å²) in [5.41, 5.74) is 9.02. The van der Waals surface area contributed by atoms with Gasteiger partial charge in [0.15, 0.2) is 0 Å². The lowest BCUT2D eigenvalue weighted by atomic mass is 10.1. The number of halogens is 1. The zero-order chi connectivity index (χ0) is 15.5. The van der Waals surface area contributed by atoms with Crippen LogP contribution < -0.4 is 15.4 Å². The standard InChI is InChI=1S/C18H21ClN2O/c1-13-4-2-3-5-17(13)21-10-8-15(9-11-21)22-18-7-6-14(20)12-16(18)19/h2-7,12,15H,8-11,20H2,1H3. The first-order valence-electron chi connectivity index (χ1n) is 7.66. The van der Waals surface area contributed by atoms with Crippen LogP contribution >= 0.6 is 11.6 Å². The maximum absolute atomic E-state index is 6.18. The van der Waals surface area contributed by atoms with Crippen LogP contribution in [-0.4, -0.2) is 19.2 Å². The van der Waals surface area contributed by atoms with Gasteiger partial charge >= 0.3 is 0 Å². The van der Waals surface area contributed by atoms with Crippen molar-refractivity contribution in [2.75, 3.05) is 23.7 Å². The second-order valence-electron chi connectivity index (χ2n) is 5.78. The van der Waals surface area contributed by atoms with Crippen LogP contribution in [0.5, 0.6) is 5.75 Å². The lowest BCUT2D eigenvalue weighted by Crippen LogP contribution is -2.38. The first-order chi connectivity index (χ1) is 10.6. The van der Waals surface area contributed by atoms with Gasteiger partial charge in [0.2, 0.25) is 0 Å². The summed E-state index contributed by atoms with van der Waals surface area (Å²) in [5.74, 6) is 0.727. The Kier molecular flexibility index (Phi) is 4.44. The van der Waals surface area contributed by atoms with Crippen molar-refractivity contribution < 1.29 is 4.74 Å². The molecule has 0 radical (unpaired) electrons. The van der Waals surface area contributed by atoms with Gasteiger partial charge in [-0.3, -0.25) is 0 Å². The second kappa shape index (κ2) is 6.49. The Labute approximate surface area is 136 Å². The van der Waals surface area contributed by atoms with E-state index in [-0.39, 0.29) is 6.10 Å². The first-order valence-corrected chi connectivity index (χ1v) is 8.03. The Morgan fingerprint density at radius 3 is 2.55 bits per heavy atom. The molecule has 0 spiro atoms. The molecule has 1 saturated heterocycles. The maximum Gasteiger partial charge on any atom is 0.138 e. The normalized spacial score (nSPS) is 15.8. The van der Waals surface area contributed by atoms with Gasteiger partial charge in [-0.15, -0.1) is 0 Å². The van der Waals surface area contributed by atoms with Crippen LogP contribution in [0.3, 0.4) is 0 Å². The molecule has 3 rings (SSSR count). The predicted molar refractivity (Wildman–Crippen MR) is 92.9 cm³/mol. The number of para-hydroxylation sites is 1. The summed E-state index contributed by atoms with van der Waals surface area (Å²) in [4.78, 5) is 2.43. The molecule has 0 aliphatic carbocycles. The van der Waals surface area contributed by atoms with E-state index in [4.69, 9.17) is 22.1 Å². The number of hydrogen-bond acceptors (Lipinski definition) is 3. The average Bonchev–Trinajstić information content (AvgIpc) is 2.51. The number of hydrogen-bond donors (Lipinski definition) is 1. The van der Waals surface area contributed by atoms with E-state index in [0.29, 0.717) is 10.7 Å². The molecule has 2 aromatic carbocycles. The molecule has 0 amide bonds. The van der Waals surface area contributed by atoms with Crippen molar-refractivity contribution in [1.82, 2.24) is 0 Å². The van der Waals surface area contributed by atoms with Gasteiger partial charge in [0.25, 0.3) is 0 Å². The number of aryl methyl sites for hydroxylation is 1. The minimum Gasteiger partial charge on any atom is -0.489 e. The van der Waals surface area contributed by atoms with E-state index in [1.54, 1.807) is 6.07 Å². The smallest absolute Gasteiger partial charge is 0.138 e. The summed E-state index contributed by atoms with van der Waals surface area (Å²) in [6.45, 7) is 4.16. The Hall–Kier alpha value is -1.87. The zero-order valence-corrected chi connectivity index (χ0v) is 13.5. The van der Waals surface area contributed by atoms with E-state index < -0.39 is 0 Å². The number of piperidine rings is 1. The molecule has 3 nitrogen and oxygen atoms in total. The predicted octanol–water partition coefficient (Wildman–Crippen LogP) is 4.28. The zero-order valence-electron chi connectivity index (χ0n) is 12.8. The lowest BCUT2D eigenvalue weighted by molar-refractivity contribution is 0.171. The third-order valence-electron chi connectivity index (χ3n) is 4.15. The molecule has 0 saturated carbocycles. The third-order valence-corrected chi connectivity index (χ3v) is 4.44. The van der Waals surface area contributed by atoms with Crippen LogP contribution in [0.25, 0.3) is 0 Å². The number of nitrogens with zero attached hydrogens (tertiary/aromatic N) is 1. The SMILES string of the molecule is Cc1ccccc1N1CCC(Oc2ccc(N)cc2Cl)CC1. The Bertz CT molecular complexity index is 651. The molecule has 0 atom stereocenters. The van der Waals surface area contributed by atoms with Crippen LogP contribution in [0.15, 0.2) is 42.5 Å². The molecule has 116 valence electrons. The van der Waals surface area contributed by atoms with E-state index in [0.717, 1.165) is 31.7 Å². The number of nitrogen functional groups attached to an aromatic ring is 1. The number of nitrogens with two attached hydrogens (primary N) is 1.